The second kappa shape index (κ2) is 9.55. The molecule has 0 aromatic heterocycles. The highest BCUT2D eigenvalue weighted by molar-refractivity contribution is 14.1. The van der Waals surface area contributed by atoms with E-state index in [1.807, 2.05) is 12.1 Å². The van der Waals surface area contributed by atoms with Crippen LogP contribution in [0.2, 0.25) is 5.02 Å². The molecule has 2 aromatic carbocycles. The van der Waals surface area contributed by atoms with Crippen molar-refractivity contribution in [1.82, 2.24) is 10.6 Å². The van der Waals surface area contributed by atoms with Gasteiger partial charge in [-0.2, -0.15) is 0 Å². The first-order valence-electron chi connectivity index (χ1n) is 7.43. The third-order valence-corrected chi connectivity index (χ3v) is 4.38. The molecule has 5 nitrogen and oxygen atoms in total. The molecule has 2 amide bonds. The number of aliphatic hydroxyl groups is 1. The third kappa shape index (κ3) is 5.84. The molecule has 0 saturated carbocycles. The summed E-state index contributed by atoms with van der Waals surface area (Å²) in [5.41, 5.74) is 1.27. The number of halogens is 2. The van der Waals surface area contributed by atoms with E-state index in [4.69, 9.17) is 16.7 Å². The summed E-state index contributed by atoms with van der Waals surface area (Å²) in [6, 6.07) is 13.9. The lowest BCUT2D eigenvalue weighted by Crippen LogP contribution is -2.36. The molecule has 0 heterocycles. The van der Waals surface area contributed by atoms with Crippen molar-refractivity contribution in [1.29, 1.82) is 0 Å². The fourth-order valence-corrected chi connectivity index (χ4v) is 2.74. The van der Waals surface area contributed by atoms with Gasteiger partial charge < -0.3 is 15.7 Å². The van der Waals surface area contributed by atoms with Crippen molar-refractivity contribution in [2.75, 3.05) is 13.2 Å². The van der Waals surface area contributed by atoms with Gasteiger partial charge in [-0.1, -0.05) is 35.9 Å². The first kappa shape index (κ1) is 19.4. The normalized spacial score (nSPS) is 11.1. The minimum Gasteiger partial charge on any atom is -0.395 e. The Hall–Kier alpha value is -1.90. The molecule has 7 heteroatoms. The summed E-state index contributed by atoms with van der Waals surface area (Å²) in [5, 5.41) is 14.6. The summed E-state index contributed by atoms with van der Waals surface area (Å²) in [4.78, 5) is 24.8. The van der Waals surface area contributed by atoms with Gasteiger partial charge in [-0.05, 0) is 58.5 Å². The van der Waals surface area contributed by atoms with Crippen LogP contribution in [-0.2, 0) is 4.79 Å². The van der Waals surface area contributed by atoms with E-state index in [1.54, 1.807) is 42.5 Å². The number of rotatable bonds is 6. The van der Waals surface area contributed by atoms with E-state index in [0.29, 0.717) is 16.1 Å². The van der Waals surface area contributed by atoms with Crippen molar-refractivity contribution >= 4 is 52.1 Å². The number of benzene rings is 2. The molecule has 0 aliphatic rings. The SMILES string of the molecule is O=C(NCCO)/C(=C\c1ccc(Cl)cc1)NC(=O)c1ccccc1I. The second-order valence-corrected chi connectivity index (χ2v) is 6.62. The minimum absolute atomic E-state index is 0.0837. The predicted molar refractivity (Wildman–Crippen MR) is 106 cm³/mol. The number of carbonyl (C=O) groups excluding carboxylic acids is 2. The molecule has 0 radical (unpaired) electrons. The zero-order valence-electron chi connectivity index (χ0n) is 13.1. The highest BCUT2D eigenvalue weighted by atomic mass is 127. The van der Waals surface area contributed by atoms with E-state index in [-0.39, 0.29) is 24.8 Å². The van der Waals surface area contributed by atoms with Gasteiger partial charge in [-0.25, -0.2) is 0 Å². The summed E-state index contributed by atoms with van der Waals surface area (Å²) >= 11 is 7.92. The Bertz CT molecular complexity index is 791. The van der Waals surface area contributed by atoms with Crippen LogP contribution >= 0.6 is 34.2 Å². The van der Waals surface area contributed by atoms with Crippen LogP contribution in [0.15, 0.2) is 54.2 Å². The van der Waals surface area contributed by atoms with Gasteiger partial charge in [0.2, 0.25) is 0 Å². The van der Waals surface area contributed by atoms with Crippen LogP contribution in [-0.4, -0.2) is 30.1 Å². The smallest absolute Gasteiger partial charge is 0.267 e. The summed E-state index contributed by atoms with van der Waals surface area (Å²) in [6.07, 6.45) is 1.55. The predicted octanol–water partition coefficient (Wildman–Crippen LogP) is 2.82. The number of hydrogen-bond donors (Lipinski definition) is 3. The van der Waals surface area contributed by atoms with Crippen LogP contribution in [0, 0.1) is 3.57 Å². The molecule has 0 unspecified atom stereocenters. The lowest BCUT2D eigenvalue weighted by Gasteiger charge is -2.11. The zero-order chi connectivity index (χ0) is 18.2. The fourth-order valence-electron chi connectivity index (χ4n) is 1.98. The maximum Gasteiger partial charge on any atom is 0.267 e. The van der Waals surface area contributed by atoms with E-state index < -0.39 is 5.91 Å². The maximum atomic E-state index is 12.5. The fraction of sp³-hybridized carbons (Fsp3) is 0.111. The molecular weight excluding hydrogens is 455 g/mol. The standard InChI is InChI=1S/C18H16ClIN2O3/c19-13-7-5-12(6-8-13)11-16(18(25)21-9-10-23)22-17(24)14-3-1-2-4-15(14)20/h1-8,11,23H,9-10H2,(H,21,25)(H,22,24)/b16-11+. The molecule has 25 heavy (non-hydrogen) atoms. The van der Waals surface area contributed by atoms with Gasteiger partial charge in [0.1, 0.15) is 5.70 Å². The van der Waals surface area contributed by atoms with E-state index in [0.717, 1.165) is 3.57 Å². The first-order chi connectivity index (χ1) is 12.0. The molecule has 0 fully saturated rings. The average molecular weight is 471 g/mol. The van der Waals surface area contributed by atoms with Crippen molar-refractivity contribution in [2.24, 2.45) is 0 Å². The van der Waals surface area contributed by atoms with E-state index >= 15 is 0 Å². The molecule has 0 saturated heterocycles. The molecule has 3 N–H and O–H groups in total. The topological polar surface area (TPSA) is 78.4 Å². The summed E-state index contributed by atoms with van der Waals surface area (Å²) in [7, 11) is 0. The van der Waals surface area contributed by atoms with Crippen LogP contribution < -0.4 is 10.6 Å². The van der Waals surface area contributed by atoms with Crippen LogP contribution in [0.25, 0.3) is 6.08 Å². The van der Waals surface area contributed by atoms with Crippen molar-refractivity contribution in [3.05, 3.63) is 73.9 Å². The molecule has 0 bridgehead atoms. The quantitative estimate of drug-likeness (QED) is 0.449. The molecule has 0 atom stereocenters. The van der Waals surface area contributed by atoms with E-state index in [9.17, 15) is 9.59 Å². The van der Waals surface area contributed by atoms with Gasteiger partial charge in [-0.15, -0.1) is 0 Å². The Morgan fingerprint density at radius 2 is 1.80 bits per heavy atom. The maximum absolute atomic E-state index is 12.5. The van der Waals surface area contributed by atoms with Gasteiger partial charge >= 0.3 is 0 Å². The van der Waals surface area contributed by atoms with Crippen molar-refractivity contribution in [3.63, 3.8) is 0 Å². The van der Waals surface area contributed by atoms with Crippen LogP contribution in [0.5, 0.6) is 0 Å². The Balaban J connectivity index is 2.28. The molecular formula is C18H16ClIN2O3. The summed E-state index contributed by atoms with van der Waals surface area (Å²) in [5.74, 6) is -0.868. The van der Waals surface area contributed by atoms with Gasteiger partial charge in [0.15, 0.2) is 0 Å². The largest absolute Gasteiger partial charge is 0.395 e. The molecule has 130 valence electrons. The van der Waals surface area contributed by atoms with E-state index in [2.05, 4.69) is 33.2 Å². The van der Waals surface area contributed by atoms with Gasteiger partial charge in [-0.3, -0.25) is 9.59 Å². The van der Waals surface area contributed by atoms with Crippen molar-refractivity contribution in [2.45, 2.75) is 0 Å². The molecule has 0 aliphatic carbocycles. The highest BCUT2D eigenvalue weighted by Gasteiger charge is 2.16. The van der Waals surface area contributed by atoms with Crippen LogP contribution in [0.3, 0.4) is 0 Å². The van der Waals surface area contributed by atoms with Crippen molar-refractivity contribution < 1.29 is 14.7 Å². The van der Waals surface area contributed by atoms with Crippen LogP contribution in [0.4, 0.5) is 0 Å². The molecule has 0 aliphatic heterocycles. The van der Waals surface area contributed by atoms with Gasteiger partial charge in [0.05, 0.1) is 12.2 Å². The summed E-state index contributed by atoms with van der Waals surface area (Å²) in [6.45, 7) is -0.0972. The Morgan fingerprint density at radius 1 is 1.12 bits per heavy atom. The first-order valence-corrected chi connectivity index (χ1v) is 8.89. The number of carbonyl (C=O) groups is 2. The number of aliphatic hydroxyl groups excluding tert-OH is 1. The Morgan fingerprint density at radius 3 is 2.44 bits per heavy atom. The number of nitrogens with one attached hydrogen (secondary N) is 2. The van der Waals surface area contributed by atoms with Gasteiger partial charge in [0.25, 0.3) is 11.8 Å². The average Bonchev–Trinajstić information content (AvgIpc) is 2.61. The molecule has 2 rings (SSSR count). The zero-order valence-corrected chi connectivity index (χ0v) is 16.0. The lowest BCUT2D eigenvalue weighted by atomic mass is 10.1. The minimum atomic E-state index is -0.483. The number of hydrogen-bond acceptors (Lipinski definition) is 3. The lowest BCUT2D eigenvalue weighted by molar-refractivity contribution is -0.117. The third-order valence-electron chi connectivity index (χ3n) is 3.19. The Kier molecular flexibility index (Phi) is 7.42. The highest BCUT2D eigenvalue weighted by Crippen LogP contribution is 2.14. The van der Waals surface area contributed by atoms with Gasteiger partial charge in [0, 0.05) is 15.1 Å². The monoisotopic (exact) mass is 470 g/mol. The molecule has 2 aromatic rings. The van der Waals surface area contributed by atoms with Crippen LogP contribution in [0.1, 0.15) is 15.9 Å². The molecule has 0 spiro atoms. The second-order valence-electron chi connectivity index (χ2n) is 5.02. The summed E-state index contributed by atoms with van der Waals surface area (Å²) < 4.78 is 0.777. The van der Waals surface area contributed by atoms with Crippen molar-refractivity contribution in [3.8, 4) is 0 Å². The van der Waals surface area contributed by atoms with E-state index in [1.165, 1.54) is 0 Å². The Labute approximate surface area is 164 Å². The number of amides is 2.